The first-order valence-electron chi connectivity index (χ1n) is 11.4. The van der Waals surface area contributed by atoms with E-state index in [1.165, 1.54) is 4.90 Å². The molecule has 9 nitrogen and oxygen atoms in total. The number of imidazole rings is 1. The van der Waals surface area contributed by atoms with Crippen molar-refractivity contribution >= 4 is 46.8 Å². The molecule has 3 N–H and O–H groups in total. The van der Waals surface area contributed by atoms with Gasteiger partial charge in [0.1, 0.15) is 30.6 Å². The van der Waals surface area contributed by atoms with E-state index < -0.39 is 5.97 Å². The van der Waals surface area contributed by atoms with Gasteiger partial charge in [0.2, 0.25) is 0 Å². The molecule has 0 aliphatic carbocycles. The lowest BCUT2D eigenvalue weighted by Crippen LogP contribution is -2.36. The largest absolute Gasteiger partial charge is 0.486 e. The maximum atomic E-state index is 13.4. The van der Waals surface area contributed by atoms with Crippen molar-refractivity contribution in [2.75, 3.05) is 18.1 Å². The van der Waals surface area contributed by atoms with Crippen molar-refractivity contribution in [2.45, 2.75) is 13.5 Å². The molecular formula is C27H28ClN5O4. The van der Waals surface area contributed by atoms with Gasteiger partial charge in [-0.2, -0.15) is 0 Å². The van der Waals surface area contributed by atoms with Gasteiger partial charge < -0.3 is 19.8 Å². The molecule has 4 aromatic rings. The number of rotatable bonds is 9. The van der Waals surface area contributed by atoms with E-state index in [1.807, 2.05) is 35.9 Å². The number of fused-ring (bicyclic) bond motifs is 1. The smallest absolute Gasteiger partial charge is 0.326 e. The van der Waals surface area contributed by atoms with Crippen LogP contribution in [0, 0.1) is 5.41 Å². The highest BCUT2D eigenvalue weighted by atomic mass is 35.5. The Labute approximate surface area is 220 Å². The molecule has 192 valence electrons. The number of esters is 1. The van der Waals surface area contributed by atoms with Gasteiger partial charge in [-0.1, -0.05) is 18.2 Å². The van der Waals surface area contributed by atoms with Gasteiger partial charge >= 0.3 is 5.97 Å². The first kappa shape index (κ1) is 27.2. The van der Waals surface area contributed by atoms with Crippen LogP contribution in [-0.4, -0.2) is 40.4 Å². The second kappa shape index (κ2) is 12.0. The summed E-state index contributed by atoms with van der Waals surface area (Å²) in [5.74, 6) is 0.488. The SMILES string of the molecule is CCOC(=O)CN(C(=O)c1ccc2c(c1)nc(COc1ccc(C(=N)N)cc1)n2C)c1ccccc1.Cl. The number of hydrogen-bond donors (Lipinski definition) is 2. The van der Waals surface area contributed by atoms with Gasteiger partial charge in [0.15, 0.2) is 0 Å². The van der Waals surface area contributed by atoms with Crippen molar-refractivity contribution in [1.29, 1.82) is 5.41 Å². The fraction of sp³-hybridized carbons (Fsp3) is 0.185. The Hall–Kier alpha value is -4.37. The minimum atomic E-state index is -0.482. The summed E-state index contributed by atoms with van der Waals surface area (Å²) in [6, 6.07) is 21.2. The number of carbonyl (C=O) groups excluding carboxylic acids is 2. The van der Waals surface area contributed by atoms with Crippen LogP contribution in [0.4, 0.5) is 5.69 Å². The molecule has 0 fully saturated rings. The Balaban J connectivity index is 0.00000380. The average Bonchev–Trinajstić information content (AvgIpc) is 3.21. The van der Waals surface area contributed by atoms with E-state index in [-0.39, 0.29) is 43.9 Å². The Bertz CT molecular complexity index is 1400. The van der Waals surface area contributed by atoms with Gasteiger partial charge in [-0.05, 0) is 61.5 Å². The number of aromatic nitrogens is 2. The van der Waals surface area contributed by atoms with E-state index in [4.69, 9.17) is 20.6 Å². The molecule has 0 bridgehead atoms. The Kier molecular flexibility index (Phi) is 8.86. The molecule has 0 aliphatic heterocycles. The van der Waals surface area contributed by atoms with Crippen LogP contribution in [0.5, 0.6) is 5.75 Å². The topological polar surface area (TPSA) is 124 Å². The van der Waals surface area contributed by atoms with Gasteiger partial charge in [-0.15, -0.1) is 12.4 Å². The van der Waals surface area contributed by atoms with Crippen molar-refractivity contribution in [3.63, 3.8) is 0 Å². The molecule has 1 heterocycles. The van der Waals surface area contributed by atoms with Crippen LogP contribution in [0.25, 0.3) is 11.0 Å². The molecule has 1 amide bonds. The van der Waals surface area contributed by atoms with Gasteiger partial charge in [0, 0.05) is 23.9 Å². The standard InChI is InChI=1S/C27H27N5O4.ClH/c1-3-35-25(33)16-32(20-7-5-4-6-8-20)27(34)19-11-14-23-22(15-19)30-24(31(23)2)17-36-21-12-9-18(10-13-21)26(28)29;/h4-15H,3,16-17H2,1-2H3,(H3,28,29);1H. The Morgan fingerprint density at radius 2 is 1.70 bits per heavy atom. The van der Waals surface area contributed by atoms with Crippen molar-refractivity contribution in [3.05, 3.63) is 89.7 Å². The predicted octanol–water partition coefficient (Wildman–Crippen LogP) is 4.07. The van der Waals surface area contributed by atoms with Crippen LogP contribution in [0.3, 0.4) is 0 Å². The number of nitrogens with zero attached hydrogens (tertiary/aromatic N) is 3. The maximum absolute atomic E-state index is 13.4. The number of ether oxygens (including phenoxy) is 2. The molecule has 0 unspecified atom stereocenters. The number of nitrogens with one attached hydrogen (secondary N) is 1. The Morgan fingerprint density at radius 3 is 2.35 bits per heavy atom. The number of aryl methyl sites for hydroxylation is 1. The third-order valence-corrected chi connectivity index (χ3v) is 5.66. The number of para-hydroxylation sites is 1. The maximum Gasteiger partial charge on any atom is 0.326 e. The molecule has 37 heavy (non-hydrogen) atoms. The van der Waals surface area contributed by atoms with Crippen LogP contribution in [0.2, 0.25) is 0 Å². The second-order valence-electron chi connectivity index (χ2n) is 8.05. The summed E-state index contributed by atoms with van der Waals surface area (Å²) in [5.41, 5.74) is 8.59. The molecule has 3 aromatic carbocycles. The van der Waals surface area contributed by atoms with Crippen LogP contribution in [0.1, 0.15) is 28.7 Å². The number of amides is 1. The number of halogens is 1. The Morgan fingerprint density at radius 1 is 1.03 bits per heavy atom. The van der Waals surface area contributed by atoms with Crippen LogP contribution in [-0.2, 0) is 23.2 Å². The van der Waals surface area contributed by atoms with E-state index in [0.29, 0.717) is 33.9 Å². The summed E-state index contributed by atoms with van der Waals surface area (Å²) in [4.78, 5) is 31.7. The fourth-order valence-electron chi connectivity index (χ4n) is 3.77. The third kappa shape index (κ3) is 6.25. The monoisotopic (exact) mass is 521 g/mol. The van der Waals surface area contributed by atoms with Crippen molar-refractivity contribution in [2.24, 2.45) is 12.8 Å². The molecule has 0 saturated heterocycles. The van der Waals surface area contributed by atoms with Gasteiger partial charge in [0.05, 0.1) is 17.6 Å². The summed E-state index contributed by atoms with van der Waals surface area (Å²) in [5, 5.41) is 7.48. The number of amidine groups is 1. The van der Waals surface area contributed by atoms with Gasteiger partial charge in [-0.3, -0.25) is 19.9 Å². The molecule has 0 radical (unpaired) electrons. The van der Waals surface area contributed by atoms with E-state index in [9.17, 15) is 9.59 Å². The highest BCUT2D eigenvalue weighted by Gasteiger charge is 2.22. The van der Waals surface area contributed by atoms with Crippen molar-refractivity contribution < 1.29 is 19.1 Å². The molecule has 0 aliphatic rings. The summed E-state index contributed by atoms with van der Waals surface area (Å²) in [6.07, 6.45) is 0. The summed E-state index contributed by atoms with van der Waals surface area (Å²) >= 11 is 0. The zero-order valence-corrected chi connectivity index (χ0v) is 21.3. The quantitative estimate of drug-likeness (QED) is 0.194. The number of nitrogens with two attached hydrogens (primary N) is 1. The minimum Gasteiger partial charge on any atom is -0.486 e. The lowest BCUT2D eigenvalue weighted by atomic mass is 10.1. The molecule has 1 aromatic heterocycles. The number of anilines is 1. The first-order valence-corrected chi connectivity index (χ1v) is 11.4. The van der Waals surface area contributed by atoms with Crippen molar-refractivity contribution in [1.82, 2.24) is 9.55 Å². The van der Waals surface area contributed by atoms with E-state index in [1.54, 1.807) is 55.5 Å². The molecular weight excluding hydrogens is 494 g/mol. The number of hydrogen-bond acceptors (Lipinski definition) is 6. The molecule has 0 saturated carbocycles. The summed E-state index contributed by atoms with van der Waals surface area (Å²) in [7, 11) is 1.88. The van der Waals surface area contributed by atoms with Crippen LogP contribution in [0.15, 0.2) is 72.8 Å². The van der Waals surface area contributed by atoms with E-state index >= 15 is 0 Å². The first-order chi connectivity index (χ1) is 17.4. The highest BCUT2D eigenvalue weighted by molar-refractivity contribution is 6.09. The lowest BCUT2D eigenvalue weighted by Gasteiger charge is -2.22. The predicted molar refractivity (Wildman–Crippen MR) is 145 cm³/mol. The van der Waals surface area contributed by atoms with E-state index in [2.05, 4.69) is 4.98 Å². The summed E-state index contributed by atoms with van der Waals surface area (Å²) in [6.45, 7) is 1.98. The number of benzene rings is 3. The summed E-state index contributed by atoms with van der Waals surface area (Å²) < 4.78 is 12.8. The van der Waals surface area contributed by atoms with Crippen LogP contribution < -0.4 is 15.4 Å². The van der Waals surface area contributed by atoms with Gasteiger partial charge in [0.25, 0.3) is 5.91 Å². The second-order valence-corrected chi connectivity index (χ2v) is 8.05. The van der Waals surface area contributed by atoms with Crippen LogP contribution >= 0.6 is 12.4 Å². The third-order valence-electron chi connectivity index (χ3n) is 5.66. The zero-order chi connectivity index (χ0) is 25.7. The molecule has 4 rings (SSSR count). The normalized spacial score (nSPS) is 10.4. The molecule has 10 heteroatoms. The number of carbonyl (C=O) groups is 2. The minimum absolute atomic E-state index is 0. The number of nitrogen functional groups attached to an aromatic ring is 1. The lowest BCUT2D eigenvalue weighted by molar-refractivity contribution is -0.141. The molecule has 0 atom stereocenters. The van der Waals surface area contributed by atoms with Crippen molar-refractivity contribution in [3.8, 4) is 5.75 Å². The van der Waals surface area contributed by atoms with Gasteiger partial charge in [-0.25, -0.2) is 4.98 Å². The van der Waals surface area contributed by atoms with E-state index in [0.717, 1.165) is 5.52 Å². The average molecular weight is 522 g/mol. The zero-order valence-electron chi connectivity index (χ0n) is 20.5. The highest BCUT2D eigenvalue weighted by Crippen LogP contribution is 2.22. The molecule has 0 spiro atoms. The fourth-order valence-corrected chi connectivity index (χ4v) is 3.77.